The van der Waals surface area contributed by atoms with E-state index in [-0.39, 0.29) is 6.04 Å². The van der Waals surface area contributed by atoms with Gasteiger partial charge in [-0.3, -0.25) is 0 Å². The lowest BCUT2D eigenvalue weighted by Crippen LogP contribution is -2.25. The molecule has 0 aromatic heterocycles. The van der Waals surface area contributed by atoms with Crippen molar-refractivity contribution < 1.29 is 0 Å². The van der Waals surface area contributed by atoms with E-state index in [1.165, 1.54) is 5.56 Å². The molecule has 1 nitrogen and oxygen atoms in total. The predicted octanol–water partition coefficient (Wildman–Crippen LogP) is 4.11. The molecule has 2 rings (SSSR count). The normalized spacial score (nSPS) is 12.4. The highest BCUT2D eigenvalue weighted by atomic mass is 35.5. The first kappa shape index (κ1) is 13.4. The minimum absolute atomic E-state index is 0.0612. The van der Waals surface area contributed by atoms with E-state index in [1.54, 1.807) is 0 Å². The van der Waals surface area contributed by atoms with E-state index < -0.39 is 0 Å². The molecule has 0 saturated heterocycles. The predicted molar refractivity (Wildman–Crippen MR) is 78.3 cm³/mol. The SMILES string of the molecule is NC(Cc1ccc(Cl)cc1)Cc1ccccc1Cl. The van der Waals surface area contributed by atoms with E-state index in [2.05, 4.69) is 0 Å². The Kier molecular flexibility index (Phi) is 4.65. The van der Waals surface area contributed by atoms with Gasteiger partial charge in [-0.05, 0) is 42.2 Å². The zero-order chi connectivity index (χ0) is 13.0. The minimum Gasteiger partial charge on any atom is -0.327 e. The van der Waals surface area contributed by atoms with E-state index in [0.29, 0.717) is 0 Å². The van der Waals surface area contributed by atoms with Crippen molar-refractivity contribution in [3.8, 4) is 0 Å². The van der Waals surface area contributed by atoms with Crippen molar-refractivity contribution >= 4 is 23.2 Å². The summed E-state index contributed by atoms with van der Waals surface area (Å²) >= 11 is 12.0. The van der Waals surface area contributed by atoms with Gasteiger partial charge in [-0.2, -0.15) is 0 Å². The third kappa shape index (κ3) is 3.74. The minimum atomic E-state index is 0.0612. The summed E-state index contributed by atoms with van der Waals surface area (Å²) in [6.45, 7) is 0. The van der Waals surface area contributed by atoms with Crippen molar-refractivity contribution in [3.63, 3.8) is 0 Å². The largest absolute Gasteiger partial charge is 0.327 e. The van der Waals surface area contributed by atoms with Gasteiger partial charge in [0.1, 0.15) is 0 Å². The maximum Gasteiger partial charge on any atom is 0.0438 e. The first-order valence-electron chi connectivity index (χ1n) is 5.88. The quantitative estimate of drug-likeness (QED) is 0.896. The Hall–Kier alpha value is -1.02. The maximum atomic E-state index is 6.15. The van der Waals surface area contributed by atoms with Crippen LogP contribution in [0.1, 0.15) is 11.1 Å². The lowest BCUT2D eigenvalue weighted by Gasteiger charge is -2.13. The number of halogens is 2. The van der Waals surface area contributed by atoms with Crippen LogP contribution in [0, 0.1) is 0 Å². The third-order valence-corrected chi connectivity index (χ3v) is 3.47. The highest BCUT2D eigenvalue weighted by molar-refractivity contribution is 6.31. The van der Waals surface area contributed by atoms with Crippen molar-refractivity contribution in [1.29, 1.82) is 0 Å². The van der Waals surface area contributed by atoms with Crippen molar-refractivity contribution in [1.82, 2.24) is 0 Å². The second kappa shape index (κ2) is 6.24. The van der Waals surface area contributed by atoms with Crippen molar-refractivity contribution in [2.24, 2.45) is 5.73 Å². The summed E-state index contributed by atoms with van der Waals surface area (Å²) in [5.41, 5.74) is 8.44. The van der Waals surface area contributed by atoms with Crippen LogP contribution in [0.3, 0.4) is 0 Å². The molecule has 94 valence electrons. The molecule has 1 atom stereocenters. The molecule has 1 unspecified atom stereocenters. The highest BCUT2D eigenvalue weighted by Crippen LogP contribution is 2.18. The van der Waals surface area contributed by atoms with Gasteiger partial charge in [-0.25, -0.2) is 0 Å². The molecule has 0 aliphatic rings. The second-order valence-corrected chi connectivity index (χ2v) is 5.23. The Morgan fingerprint density at radius 2 is 1.56 bits per heavy atom. The van der Waals surface area contributed by atoms with E-state index >= 15 is 0 Å². The van der Waals surface area contributed by atoms with Crippen LogP contribution in [0.5, 0.6) is 0 Å². The number of hydrogen-bond acceptors (Lipinski definition) is 1. The molecule has 2 N–H and O–H groups in total. The molecule has 3 heteroatoms. The van der Waals surface area contributed by atoms with Crippen molar-refractivity contribution in [3.05, 3.63) is 69.7 Å². The van der Waals surface area contributed by atoms with Crippen LogP contribution in [0.25, 0.3) is 0 Å². The van der Waals surface area contributed by atoms with Crippen molar-refractivity contribution in [2.75, 3.05) is 0 Å². The first-order chi connectivity index (χ1) is 8.65. The van der Waals surface area contributed by atoms with Crippen LogP contribution in [0.4, 0.5) is 0 Å². The molecule has 0 heterocycles. The Balaban J connectivity index is 1.99. The van der Waals surface area contributed by atoms with Crippen LogP contribution in [-0.2, 0) is 12.8 Å². The molecule has 0 bridgehead atoms. The Morgan fingerprint density at radius 1 is 0.889 bits per heavy atom. The van der Waals surface area contributed by atoms with Gasteiger partial charge in [0.05, 0.1) is 0 Å². The number of rotatable bonds is 4. The summed E-state index contributed by atoms with van der Waals surface area (Å²) in [6.07, 6.45) is 1.60. The topological polar surface area (TPSA) is 26.0 Å². The molecule has 2 aromatic carbocycles. The van der Waals surface area contributed by atoms with Gasteiger partial charge in [-0.15, -0.1) is 0 Å². The summed E-state index contributed by atoms with van der Waals surface area (Å²) < 4.78 is 0. The fourth-order valence-corrected chi connectivity index (χ4v) is 2.28. The summed E-state index contributed by atoms with van der Waals surface area (Å²) in [5.74, 6) is 0. The van der Waals surface area contributed by atoms with E-state index in [9.17, 15) is 0 Å². The zero-order valence-corrected chi connectivity index (χ0v) is 11.5. The molecule has 0 radical (unpaired) electrons. The second-order valence-electron chi connectivity index (χ2n) is 4.39. The van der Waals surface area contributed by atoms with Gasteiger partial charge in [0.25, 0.3) is 0 Å². The van der Waals surface area contributed by atoms with E-state index in [1.807, 2.05) is 48.5 Å². The lowest BCUT2D eigenvalue weighted by molar-refractivity contribution is 0.665. The van der Waals surface area contributed by atoms with Crippen LogP contribution >= 0.6 is 23.2 Å². The van der Waals surface area contributed by atoms with Gasteiger partial charge >= 0.3 is 0 Å². The smallest absolute Gasteiger partial charge is 0.0438 e. The zero-order valence-electron chi connectivity index (χ0n) is 9.94. The molecule has 0 fully saturated rings. The third-order valence-electron chi connectivity index (χ3n) is 2.85. The Labute approximate surface area is 118 Å². The molecule has 0 aliphatic heterocycles. The molecular formula is C15H15Cl2N. The Bertz CT molecular complexity index is 508. The molecule has 18 heavy (non-hydrogen) atoms. The van der Waals surface area contributed by atoms with Gasteiger partial charge in [0.15, 0.2) is 0 Å². The van der Waals surface area contributed by atoms with Crippen LogP contribution in [-0.4, -0.2) is 6.04 Å². The summed E-state index contributed by atoms with van der Waals surface area (Å²) in [4.78, 5) is 0. The van der Waals surface area contributed by atoms with Crippen LogP contribution in [0.2, 0.25) is 10.0 Å². The summed E-state index contributed by atoms with van der Waals surface area (Å²) in [5, 5.41) is 1.53. The number of benzene rings is 2. The fraction of sp³-hybridized carbons (Fsp3) is 0.200. The molecular weight excluding hydrogens is 265 g/mol. The van der Waals surface area contributed by atoms with E-state index in [0.717, 1.165) is 28.5 Å². The van der Waals surface area contributed by atoms with Gasteiger partial charge in [0.2, 0.25) is 0 Å². The lowest BCUT2D eigenvalue weighted by atomic mass is 10.00. The molecule has 0 spiro atoms. The standard InChI is InChI=1S/C15H15Cl2N/c16-13-7-5-11(6-8-13)9-14(18)10-12-3-1-2-4-15(12)17/h1-8,14H,9-10,18H2. The van der Waals surface area contributed by atoms with Crippen LogP contribution < -0.4 is 5.73 Å². The average molecular weight is 280 g/mol. The number of hydrogen-bond donors (Lipinski definition) is 1. The fourth-order valence-electron chi connectivity index (χ4n) is 1.94. The molecule has 0 aliphatic carbocycles. The molecule has 0 saturated carbocycles. The van der Waals surface area contributed by atoms with Crippen LogP contribution in [0.15, 0.2) is 48.5 Å². The monoisotopic (exact) mass is 279 g/mol. The molecule has 2 aromatic rings. The maximum absolute atomic E-state index is 6.15. The average Bonchev–Trinajstić information content (AvgIpc) is 2.35. The molecule has 0 amide bonds. The summed E-state index contributed by atoms with van der Waals surface area (Å²) in [7, 11) is 0. The number of nitrogens with two attached hydrogens (primary N) is 1. The Morgan fingerprint density at radius 3 is 2.22 bits per heavy atom. The van der Waals surface area contributed by atoms with Gasteiger partial charge in [-0.1, -0.05) is 53.5 Å². The van der Waals surface area contributed by atoms with Gasteiger partial charge in [0, 0.05) is 16.1 Å². The summed E-state index contributed by atoms with van der Waals surface area (Å²) in [6, 6.07) is 15.7. The van der Waals surface area contributed by atoms with Crippen molar-refractivity contribution in [2.45, 2.75) is 18.9 Å². The highest BCUT2D eigenvalue weighted by Gasteiger charge is 2.07. The van der Waals surface area contributed by atoms with Gasteiger partial charge < -0.3 is 5.73 Å². The van der Waals surface area contributed by atoms with E-state index in [4.69, 9.17) is 28.9 Å². The first-order valence-corrected chi connectivity index (χ1v) is 6.64.